The Labute approximate surface area is 135 Å². The lowest BCUT2D eigenvalue weighted by Crippen LogP contribution is -2.46. The van der Waals surface area contributed by atoms with Crippen molar-refractivity contribution in [2.75, 3.05) is 5.32 Å². The van der Waals surface area contributed by atoms with Gasteiger partial charge >= 0.3 is 0 Å². The zero-order chi connectivity index (χ0) is 16.0. The first kappa shape index (κ1) is 17.9. The minimum atomic E-state index is -0.951. The van der Waals surface area contributed by atoms with Gasteiger partial charge in [-0.25, -0.2) is 4.39 Å². The molecule has 1 aromatic carbocycles. The molecular weight excluding hydrogens is 311 g/mol. The molecule has 0 bridgehead atoms. The second-order valence-electron chi connectivity index (χ2n) is 5.02. The van der Waals surface area contributed by atoms with Crippen molar-refractivity contribution in [1.29, 1.82) is 0 Å². The molecule has 0 saturated carbocycles. The highest BCUT2D eigenvalue weighted by Gasteiger charge is 2.40. The van der Waals surface area contributed by atoms with E-state index in [1.165, 1.54) is 18.2 Å². The van der Waals surface area contributed by atoms with Gasteiger partial charge in [0.05, 0.1) is 16.1 Å². The molecule has 1 rings (SSSR count). The minimum Gasteiger partial charge on any atom is -0.392 e. The van der Waals surface area contributed by atoms with Crippen LogP contribution in [0.5, 0.6) is 0 Å². The lowest BCUT2D eigenvalue weighted by Gasteiger charge is -2.31. The van der Waals surface area contributed by atoms with Gasteiger partial charge in [-0.05, 0) is 31.0 Å². The number of carbonyl (C=O) groups excluding carboxylic acids is 1. The molecule has 0 radical (unpaired) electrons. The van der Waals surface area contributed by atoms with Crippen molar-refractivity contribution >= 4 is 40.4 Å². The first-order valence-electron chi connectivity index (χ1n) is 6.93. The van der Waals surface area contributed by atoms with Gasteiger partial charge in [0, 0.05) is 5.02 Å². The van der Waals surface area contributed by atoms with E-state index in [1.54, 1.807) is 0 Å². The molecular formula is C15H20ClFN2OS. The molecule has 3 nitrogen and oxygen atoms in total. The predicted octanol–water partition coefficient (Wildman–Crippen LogP) is 4.29. The standard InChI is InChI=1S/C15H20ClFN2OS/c1-3-7-15(8-4-2,13(18)21)14(20)19-12-9-10(16)5-6-11(12)17/h5-6,9H,3-4,7-8H2,1-2H3,(H2,18,21)(H,19,20). The van der Waals surface area contributed by atoms with Crippen LogP contribution in [0.4, 0.5) is 10.1 Å². The highest BCUT2D eigenvalue weighted by atomic mass is 35.5. The number of nitrogens with one attached hydrogen (secondary N) is 1. The number of hydrogen-bond acceptors (Lipinski definition) is 2. The van der Waals surface area contributed by atoms with Gasteiger partial charge < -0.3 is 11.1 Å². The molecule has 0 heterocycles. The van der Waals surface area contributed by atoms with E-state index in [2.05, 4.69) is 5.32 Å². The summed E-state index contributed by atoms with van der Waals surface area (Å²) in [6.07, 6.45) is 2.57. The Balaban J connectivity index is 3.11. The zero-order valence-corrected chi connectivity index (χ0v) is 13.8. The van der Waals surface area contributed by atoms with Gasteiger partial charge in [0.25, 0.3) is 0 Å². The molecule has 6 heteroatoms. The Bertz CT molecular complexity index is 530. The van der Waals surface area contributed by atoms with Gasteiger partial charge in [-0.3, -0.25) is 4.79 Å². The smallest absolute Gasteiger partial charge is 0.237 e. The average molecular weight is 331 g/mol. The van der Waals surface area contributed by atoms with Gasteiger partial charge in [-0.15, -0.1) is 0 Å². The number of amides is 1. The summed E-state index contributed by atoms with van der Waals surface area (Å²) in [5.41, 5.74) is 4.91. The molecule has 21 heavy (non-hydrogen) atoms. The van der Waals surface area contributed by atoms with Crippen molar-refractivity contribution < 1.29 is 9.18 Å². The number of halogens is 2. The largest absolute Gasteiger partial charge is 0.392 e. The van der Waals surface area contributed by atoms with E-state index in [-0.39, 0.29) is 16.6 Å². The predicted molar refractivity (Wildman–Crippen MR) is 89.1 cm³/mol. The van der Waals surface area contributed by atoms with E-state index in [0.29, 0.717) is 17.9 Å². The Hall–Kier alpha value is -1.20. The third-order valence-corrected chi connectivity index (χ3v) is 4.06. The van der Waals surface area contributed by atoms with Gasteiger partial charge in [0.2, 0.25) is 5.91 Å². The molecule has 0 aromatic heterocycles. The normalized spacial score (nSPS) is 11.2. The summed E-state index contributed by atoms with van der Waals surface area (Å²) in [5, 5.41) is 2.92. The van der Waals surface area contributed by atoms with Gasteiger partial charge in [-0.2, -0.15) is 0 Å². The van der Waals surface area contributed by atoms with Crippen LogP contribution < -0.4 is 11.1 Å². The Kier molecular flexibility index (Phi) is 6.55. The monoisotopic (exact) mass is 330 g/mol. The first-order valence-corrected chi connectivity index (χ1v) is 7.72. The van der Waals surface area contributed by atoms with Crippen LogP contribution >= 0.6 is 23.8 Å². The molecule has 1 amide bonds. The van der Waals surface area contributed by atoms with Crippen LogP contribution in [0.25, 0.3) is 0 Å². The van der Waals surface area contributed by atoms with Gasteiger partial charge in [-0.1, -0.05) is 50.5 Å². The summed E-state index contributed by atoms with van der Waals surface area (Å²) in [4.78, 5) is 12.8. The SMILES string of the molecule is CCCC(CCC)(C(=O)Nc1cc(Cl)ccc1F)C(N)=S. The topological polar surface area (TPSA) is 55.1 Å². The quantitative estimate of drug-likeness (QED) is 0.733. The van der Waals surface area contributed by atoms with Crippen LogP contribution in [0, 0.1) is 11.2 Å². The van der Waals surface area contributed by atoms with E-state index >= 15 is 0 Å². The summed E-state index contributed by atoms with van der Waals surface area (Å²) in [6, 6.07) is 4.00. The summed E-state index contributed by atoms with van der Waals surface area (Å²) >= 11 is 10.9. The summed E-state index contributed by atoms with van der Waals surface area (Å²) in [6.45, 7) is 3.91. The number of anilines is 1. The van der Waals surface area contributed by atoms with E-state index in [4.69, 9.17) is 29.6 Å². The van der Waals surface area contributed by atoms with Gasteiger partial charge in [0.15, 0.2) is 0 Å². The average Bonchev–Trinajstić information content (AvgIpc) is 2.42. The fourth-order valence-electron chi connectivity index (χ4n) is 2.40. The van der Waals surface area contributed by atoms with Crippen molar-refractivity contribution in [3.63, 3.8) is 0 Å². The van der Waals surface area contributed by atoms with Crippen molar-refractivity contribution in [1.82, 2.24) is 0 Å². The first-order chi connectivity index (χ1) is 9.87. The van der Waals surface area contributed by atoms with Crippen LogP contribution in [0.1, 0.15) is 39.5 Å². The van der Waals surface area contributed by atoms with Crippen molar-refractivity contribution in [3.05, 3.63) is 29.0 Å². The van der Waals surface area contributed by atoms with Crippen molar-refractivity contribution in [3.8, 4) is 0 Å². The Morgan fingerprint density at radius 3 is 2.43 bits per heavy atom. The maximum Gasteiger partial charge on any atom is 0.237 e. The molecule has 0 spiro atoms. The van der Waals surface area contributed by atoms with Crippen molar-refractivity contribution in [2.24, 2.45) is 11.1 Å². The number of hydrogen-bond donors (Lipinski definition) is 2. The molecule has 0 unspecified atom stereocenters. The number of carbonyl (C=O) groups is 1. The Morgan fingerprint density at radius 2 is 1.95 bits per heavy atom. The molecule has 116 valence electrons. The van der Waals surface area contributed by atoms with Crippen LogP contribution in [0.2, 0.25) is 5.02 Å². The number of thiocarbonyl (C=S) groups is 1. The number of rotatable bonds is 7. The molecule has 0 atom stereocenters. The van der Waals surface area contributed by atoms with Crippen LogP contribution in [0.15, 0.2) is 18.2 Å². The molecule has 0 aliphatic rings. The maximum atomic E-state index is 13.8. The molecule has 0 aliphatic heterocycles. The third kappa shape index (κ3) is 4.14. The Morgan fingerprint density at radius 1 is 1.38 bits per heavy atom. The molecule has 3 N–H and O–H groups in total. The zero-order valence-electron chi connectivity index (χ0n) is 12.2. The number of nitrogens with two attached hydrogens (primary N) is 1. The van der Waals surface area contributed by atoms with Gasteiger partial charge in [0.1, 0.15) is 5.82 Å². The van der Waals surface area contributed by atoms with Crippen LogP contribution in [0.3, 0.4) is 0 Å². The fourth-order valence-corrected chi connectivity index (χ4v) is 2.87. The molecule has 1 aromatic rings. The van der Waals surface area contributed by atoms with Crippen LogP contribution in [-0.4, -0.2) is 10.9 Å². The molecule has 0 fully saturated rings. The van der Waals surface area contributed by atoms with E-state index < -0.39 is 11.2 Å². The molecule has 0 aliphatic carbocycles. The van der Waals surface area contributed by atoms with Crippen molar-refractivity contribution in [2.45, 2.75) is 39.5 Å². The maximum absolute atomic E-state index is 13.8. The lowest BCUT2D eigenvalue weighted by atomic mass is 9.78. The minimum absolute atomic E-state index is 0.0420. The third-order valence-electron chi connectivity index (χ3n) is 3.44. The second kappa shape index (κ2) is 7.71. The molecule has 0 saturated heterocycles. The van der Waals surface area contributed by atoms with E-state index in [9.17, 15) is 9.18 Å². The summed E-state index contributed by atoms with van der Waals surface area (Å²) < 4.78 is 13.8. The second-order valence-corrected chi connectivity index (χ2v) is 5.90. The highest BCUT2D eigenvalue weighted by molar-refractivity contribution is 7.80. The summed E-state index contributed by atoms with van der Waals surface area (Å²) in [7, 11) is 0. The highest BCUT2D eigenvalue weighted by Crippen LogP contribution is 2.33. The van der Waals surface area contributed by atoms with Crippen LogP contribution in [-0.2, 0) is 4.79 Å². The fraction of sp³-hybridized carbons (Fsp3) is 0.467. The summed E-state index contributed by atoms with van der Waals surface area (Å²) in [5.74, 6) is -0.919. The van der Waals surface area contributed by atoms with E-state index in [1.807, 2.05) is 13.8 Å². The number of benzene rings is 1. The lowest BCUT2D eigenvalue weighted by molar-refractivity contribution is -0.122. The van der Waals surface area contributed by atoms with E-state index in [0.717, 1.165) is 12.8 Å².